The summed E-state index contributed by atoms with van der Waals surface area (Å²) >= 11 is 1.53. The van der Waals surface area contributed by atoms with Crippen molar-refractivity contribution in [3.8, 4) is 11.5 Å². The molecule has 2 aromatic carbocycles. The molecular formula is C19H22N2O5S2. The smallest absolute Gasteiger partial charge is 0.243 e. The average molecular weight is 423 g/mol. The molecule has 1 aliphatic heterocycles. The third kappa shape index (κ3) is 4.78. The lowest BCUT2D eigenvalue weighted by molar-refractivity contribution is -0.121. The van der Waals surface area contributed by atoms with Crippen molar-refractivity contribution in [1.29, 1.82) is 0 Å². The minimum Gasteiger partial charge on any atom is -0.486 e. The van der Waals surface area contributed by atoms with E-state index in [1.165, 1.54) is 18.8 Å². The predicted molar refractivity (Wildman–Crippen MR) is 107 cm³/mol. The second-order valence-electron chi connectivity index (χ2n) is 6.24. The number of benzene rings is 2. The molecule has 0 unspecified atom stereocenters. The summed E-state index contributed by atoms with van der Waals surface area (Å²) in [5.74, 6) is 0.888. The zero-order valence-electron chi connectivity index (χ0n) is 15.6. The van der Waals surface area contributed by atoms with Crippen LogP contribution in [0.1, 0.15) is 0 Å². The van der Waals surface area contributed by atoms with Crippen LogP contribution in [-0.2, 0) is 14.8 Å². The average Bonchev–Trinajstić information content (AvgIpc) is 2.72. The van der Waals surface area contributed by atoms with Crippen molar-refractivity contribution < 1.29 is 22.7 Å². The van der Waals surface area contributed by atoms with Crippen LogP contribution >= 0.6 is 11.8 Å². The maximum absolute atomic E-state index is 12.6. The first kappa shape index (κ1) is 20.5. The van der Waals surface area contributed by atoms with Gasteiger partial charge in [-0.1, -0.05) is 12.1 Å². The minimum atomic E-state index is -3.73. The standard InChI is InChI=1S/C19H22N2O5S2/c1-21(28(23,24)16-9-7-15(27-2)8-10-16)12-19(22)20-11-14-13-25-17-5-3-4-6-18(17)26-14/h3-10,14H,11-13H2,1-2H3,(H,20,22)/t14-/m0/s1. The third-order valence-electron chi connectivity index (χ3n) is 4.23. The molecule has 1 heterocycles. The van der Waals surface area contributed by atoms with Crippen LogP contribution in [0.5, 0.6) is 11.5 Å². The number of amides is 1. The number of carbonyl (C=O) groups is 1. The second kappa shape index (κ2) is 8.85. The van der Waals surface area contributed by atoms with Gasteiger partial charge >= 0.3 is 0 Å². The van der Waals surface area contributed by atoms with Crippen molar-refractivity contribution in [2.24, 2.45) is 0 Å². The van der Waals surface area contributed by atoms with Gasteiger partial charge in [-0.3, -0.25) is 4.79 Å². The molecule has 9 heteroatoms. The van der Waals surface area contributed by atoms with E-state index in [1.807, 2.05) is 24.5 Å². The van der Waals surface area contributed by atoms with E-state index < -0.39 is 15.9 Å². The summed E-state index contributed by atoms with van der Waals surface area (Å²) in [5.41, 5.74) is 0. The second-order valence-corrected chi connectivity index (χ2v) is 9.16. The topological polar surface area (TPSA) is 84.9 Å². The molecular weight excluding hydrogens is 400 g/mol. The van der Waals surface area contributed by atoms with E-state index in [1.54, 1.807) is 30.3 Å². The van der Waals surface area contributed by atoms with Gasteiger partial charge in [0.05, 0.1) is 18.0 Å². The van der Waals surface area contributed by atoms with Crippen molar-refractivity contribution in [2.75, 3.05) is 33.0 Å². The minimum absolute atomic E-state index is 0.154. The first-order valence-electron chi connectivity index (χ1n) is 8.65. The molecule has 0 spiro atoms. The molecule has 0 aliphatic carbocycles. The normalized spacial score (nSPS) is 16.0. The lowest BCUT2D eigenvalue weighted by atomic mass is 10.2. The van der Waals surface area contributed by atoms with Crippen LogP contribution < -0.4 is 14.8 Å². The number of fused-ring (bicyclic) bond motifs is 1. The largest absolute Gasteiger partial charge is 0.486 e. The van der Waals surface area contributed by atoms with Gasteiger partial charge in [0.2, 0.25) is 15.9 Å². The fourth-order valence-corrected chi connectivity index (χ4v) is 4.20. The Bertz CT molecular complexity index is 932. The number of sulfonamides is 1. The molecule has 150 valence electrons. The van der Waals surface area contributed by atoms with Crippen LogP contribution in [-0.4, -0.2) is 57.7 Å². The first-order valence-corrected chi connectivity index (χ1v) is 11.3. The van der Waals surface area contributed by atoms with Gasteiger partial charge in [-0.25, -0.2) is 8.42 Å². The van der Waals surface area contributed by atoms with E-state index in [-0.39, 0.29) is 24.1 Å². The van der Waals surface area contributed by atoms with Crippen LogP contribution in [0.3, 0.4) is 0 Å². The van der Waals surface area contributed by atoms with Crippen LogP contribution in [0.4, 0.5) is 0 Å². The lowest BCUT2D eigenvalue weighted by Gasteiger charge is -2.26. The Morgan fingerprint density at radius 1 is 1.18 bits per heavy atom. The molecule has 0 saturated carbocycles. The van der Waals surface area contributed by atoms with Crippen molar-refractivity contribution in [2.45, 2.75) is 15.9 Å². The van der Waals surface area contributed by atoms with Crippen LogP contribution in [0.2, 0.25) is 0 Å². The highest BCUT2D eigenvalue weighted by Gasteiger charge is 2.25. The summed E-state index contributed by atoms with van der Waals surface area (Å²) in [6, 6.07) is 13.9. The quantitative estimate of drug-likeness (QED) is 0.687. The van der Waals surface area contributed by atoms with Crippen LogP contribution in [0.15, 0.2) is 58.3 Å². The van der Waals surface area contributed by atoms with E-state index in [9.17, 15) is 13.2 Å². The molecule has 1 atom stereocenters. The fraction of sp³-hybridized carbons (Fsp3) is 0.316. The Labute approximate surface area is 169 Å². The van der Waals surface area contributed by atoms with Crippen LogP contribution in [0, 0.1) is 0 Å². The van der Waals surface area contributed by atoms with Gasteiger partial charge in [-0.15, -0.1) is 11.8 Å². The highest BCUT2D eigenvalue weighted by Crippen LogP contribution is 2.30. The maximum Gasteiger partial charge on any atom is 0.243 e. The van der Waals surface area contributed by atoms with Gasteiger partial charge in [0, 0.05) is 11.9 Å². The van der Waals surface area contributed by atoms with Gasteiger partial charge in [0.25, 0.3) is 0 Å². The molecule has 28 heavy (non-hydrogen) atoms. The molecule has 2 aromatic rings. The number of thioether (sulfide) groups is 1. The molecule has 1 amide bonds. The monoisotopic (exact) mass is 422 g/mol. The molecule has 0 aromatic heterocycles. The highest BCUT2D eigenvalue weighted by molar-refractivity contribution is 7.98. The molecule has 0 saturated heterocycles. The summed E-state index contributed by atoms with van der Waals surface area (Å²) in [4.78, 5) is 13.3. The van der Waals surface area contributed by atoms with Gasteiger partial charge in [0.1, 0.15) is 12.7 Å². The number of hydrogen-bond acceptors (Lipinski definition) is 6. The molecule has 0 radical (unpaired) electrons. The van der Waals surface area contributed by atoms with E-state index in [0.717, 1.165) is 9.20 Å². The van der Waals surface area contributed by atoms with E-state index in [4.69, 9.17) is 9.47 Å². The summed E-state index contributed by atoms with van der Waals surface area (Å²) in [7, 11) is -2.35. The number of hydrogen-bond donors (Lipinski definition) is 1. The Morgan fingerprint density at radius 2 is 1.86 bits per heavy atom. The molecule has 1 aliphatic rings. The van der Waals surface area contributed by atoms with Crippen molar-refractivity contribution in [3.63, 3.8) is 0 Å². The van der Waals surface area contributed by atoms with Crippen molar-refractivity contribution in [3.05, 3.63) is 48.5 Å². The van der Waals surface area contributed by atoms with Gasteiger partial charge < -0.3 is 14.8 Å². The number of carbonyl (C=O) groups excluding carboxylic acids is 1. The zero-order chi connectivity index (χ0) is 20.1. The predicted octanol–water partition coefficient (Wildman–Crippen LogP) is 1.99. The summed E-state index contributed by atoms with van der Waals surface area (Å²) < 4.78 is 37.6. The number of para-hydroxylation sites is 2. The molecule has 3 rings (SSSR count). The van der Waals surface area contributed by atoms with Crippen LogP contribution in [0.25, 0.3) is 0 Å². The van der Waals surface area contributed by atoms with Gasteiger partial charge in [-0.2, -0.15) is 4.31 Å². The Balaban J connectivity index is 1.52. The highest BCUT2D eigenvalue weighted by atomic mass is 32.2. The number of nitrogens with zero attached hydrogens (tertiary/aromatic N) is 1. The number of ether oxygens (including phenoxy) is 2. The van der Waals surface area contributed by atoms with Gasteiger partial charge in [-0.05, 0) is 42.7 Å². The molecule has 1 N–H and O–H groups in total. The van der Waals surface area contributed by atoms with E-state index in [0.29, 0.717) is 18.1 Å². The van der Waals surface area contributed by atoms with Crippen molar-refractivity contribution >= 4 is 27.7 Å². The fourth-order valence-electron chi connectivity index (χ4n) is 2.66. The van der Waals surface area contributed by atoms with Gasteiger partial charge in [0.15, 0.2) is 11.5 Å². The number of nitrogens with one attached hydrogen (secondary N) is 1. The SMILES string of the molecule is CSc1ccc(S(=O)(=O)N(C)CC(=O)NC[C@H]2COc3ccccc3O2)cc1. The third-order valence-corrected chi connectivity index (χ3v) is 6.79. The Kier molecular flexibility index (Phi) is 6.48. The van der Waals surface area contributed by atoms with E-state index in [2.05, 4.69) is 5.32 Å². The maximum atomic E-state index is 12.6. The summed E-state index contributed by atoms with van der Waals surface area (Å²) in [6.45, 7) is 0.257. The number of rotatable bonds is 7. The molecule has 0 bridgehead atoms. The summed E-state index contributed by atoms with van der Waals surface area (Å²) in [5, 5.41) is 2.70. The Morgan fingerprint density at radius 3 is 2.54 bits per heavy atom. The summed E-state index contributed by atoms with van der Waals surface area (Å²) in [6.07, 6.45) is 1.58. The zero-order valence-corrected chi connectivity index (χ0v) is 17.3. The molecule has 7 nitrogen and oxygen atoms in total. The number of likely N-dealkylation sites (N-methyl/N-ethyl adjacent to an activating group) is 1. The van der Waals surface area contributed by atoms with E-state index >= 15 is 0 Å². The first-order chi connectivity index (χ1) is 13.4. The van der Waals surface area contributed by atoms with Crippen molar-refractivity contribution in [1.82, 2.24) is 9.62 Å². The molecule has 0 fully saturated rings. The lowest BCUT2D eigenvalue weighted by Crippen LogP contribution is -2.44. The Hall–Kier alpha value is -2.23.